The van der Waals surface area contributed by atoms with Crippen molar-refractivity contribution >= 4 is 28.1 Å². The van der Waals surface area contributed by atoms with Gasteiger partial charge in [-0.3, -0.25) is 4.98 Å². The van der Waals surface area contributed by atoms with Crippen molar-refractivity contribution in [3.63, 3.8) is 0 Å². The molecular formula is C18H21N7S2. The summed E-state index contributed by atoms with van der Waals surface area (Å²) in [6.07, 6.45) is 6.56. The lowest BCUT2D eigenvalue weighted by molar-refractivity contribution is 0.572. The van der Waals surface area contributed by atoms with Crippen LogP contribution in [0.4, 0.5) is 0 Å². The predicted octanol–water partition coefficient (Wildman–Crippen LogP) is 4.30. The van der Waals surface area contributed by atoms with Gasteiger partial charge in [0.05, 0.1) is 11.9 Å². The molecule has 7 nitrogen and oxygen atoms in total. The fourth-order valence-electron chi connectivity index (χ4n) is 2.67. The van der Waals surface area contributed by atoms with Crippen LogP contribution >= 0.6 is 23.1 Å². The lowest BCUT2D eigenvalue weighted by Crippen LogP contribution is -2.11. The van der Waals surface area contributed by atoms with E-state index in [-0.39, 0.29) is 5.41 Å². The average molecular weight is 400 g/mol. The summed E-state index contributed by atoms with van der Waals surface area (Å²) >= 11 is 3.11. The summed E-state index contributed by atoms with van der Waals surface area (Å²) in [6, 6.07) is 3.91. The minimum absolute atomic E-state index is 0.0153. The number of imidazole rings is 1. The Balaban J connectivity index is 1.65. The third kappa shape index (κ3) is 3.61. The van der Waals surface area contributed by atoms with Crippen LogP contribution in [-0.4, -0.2) is 34.3 Å². The highest BCUT2D eigenvalue weighted by molar-refractivity contribution is 8.01. The number of aromatic nitrogens is 7. The maximum Gasteiger partial charge on any atom is 0.213 e. The van der Waals surface area contributed by atoms with Crippen LogP contribution in [-0.2, 0) is 12.0 Å². The molecule has 0 unspecified atom stereocenters. The van der Waals surface area contributed by atoms with E-state index in [0.29, 0.717) is 0 Å². The van der Waals surface area contributed by atoms with Gasteiger partial charge in [-0.25, -0.2) is 9.50 Å². The molecule has 4 aromatic heterocycles. The molecular weight excluding hydrogens is 378 g/mol. The number of nitrogens with zero attached hydrogens (tertiary/aromatic N) is 7. The zero-order valence-corrected chi connectivity index (χ0v) is 17.4. The smallest absolute Gasteiger partial charge is 0.213 e. The van der Waals surface area contributed by atoms with Crippen LogP contribution in [0.25, 0.3) is 16.3 Å². The standard InChI is InChI=1S/C18H21N7S2/c1-5-10-24-14(12-6-8-19-9-7-12)21-22-16(24)27-17-23-25-11-13(18(2,3)4)20-15(25)26-17/h6-9,11H,5,10H2,1-4H3. The topological polar surface area (TPSA) is 73.8 Å². The molecule has 4 aromatic rings. The number of fused-ring (bicyclic) bond motifs is 1. The Morgan fingerprint density at radius 1 is 1.15 bits per heavy atom. The van der Waals surface area contributed by atoms with Gasteiger partial charge in [0.1, 0.15) is 0 Å². The van der Waals surface area contributed by atoms with Crippen molar-refractivity contribution < 1.29 is 0 Å². The van der Waals surface area contributed by atoms with E-state index in [2.05, 4.69) is 52.5 Å². The van der Waals surface area contributed by atoms with Gasteiger partial charge in [-0.05, 0) is 30.3 Å². The number of hydrogen-bond acceptors (Lipinski definition) is 7. The molecule has 4 rings (SSSR count). The van der Waals surface area contributed by atoms with E-state index in [9.17, 15) is 0 Å². The van der Waals surface area contributed by atoms with Crippen molar-refractivity contribution in [1.82, 2.24) is 34.3 Å². The summed E-state index contributed by atoms with van der Waals surface area (Å²) in [5.74, 6) is 0.859. The van der Waals surface area contributed by atoms with Crippen molar-refractivity contribution in [2.75, 3.05) is 0 Å². The third-order valence-corrected chi connectivity index (χ3v) is 6.03. The SMILES string of the molecule is CCCn1c(Sc2nn3cc(C(C)(C)C)nc3s2)nnc1-c1ccncc1. The number of pyridine rings is 1. The van der Waals surface area contributed by atoms with Gasteiger partial charge < -0.3 is 4.57 Å². The van der Waals surface area contributed by atoms with E-state index in [0.717, 1.165) is 44.5 Å². The van der Waals surface area contributed by atoms with Crippen LogP contribution in [0.2, 0.25) is 0 Å². The van der Waals surface area contributed by atoms with Gasteiger partial charge >= 0.3 is 0 Å². The summed E-state index contributed by atoms with van der Waals surface area (Å²) < 4.78 is 4.91. The molecule has 0 saturated heterocycles. The van der Waals surface area contributed by atoms with E-state index >= 15 is 0 Å². The molecule has 0 aliphatic heterocycles. The molecule has 27 heavy (non-hydrogen) atoms. The molecule has 9 heteroatoms. The molecule has 0 fully saturated rings. The first kappa shape index (κ1) is 18.1. The molecule has 0 radical (unpaired) electrons. The van der Waals surface area contributed by atoms with Crippen LogP contribution < -0.4 is 0 Å². The minimum atomic E-state index is 0.0153. The second kappa shape index (κ2) is 7.05. The highest BCUT2D eigenvalue weighted by Crippen LogP contribution is 2.33. The average Bonchev–Trinajstić information content (AvgIpc) is 3.30. The predicted molar refractivity (Wildman–Crippen MR) is 107 cm³/mol. The molecule has 0 aromatic carbocycles. The molecule has 0 N–H and O–H groups in total. The van der Waals surface area contributed by atoms with Crippen molar-refractivity contribution in [3.8, 4) is 11.4 Å². The monoisotopic (exact) mass is 399 g/mol. The van der Waals surface area contributed by atoms with E-state index in [1.807, 2.05) is 22.8 Å². The molecule has 0 bridgehead atoms. The molecule has 0 aliphatic rings. The zero-order valence-electron chi connectivity index (χ0n) is 15.7. The van der Waals surface area contributed by atoms with Crippen LogP contribution in [0.1, 0.15) is 39.8 Å². The number of hydrogen-bond donors (Lipinski definition) is 0. The maximum absolute atomic E-state index is 4.71. The van der Waals surface area contributed by atoms with Gasteiger partial charge in [0.15, 0.2) is 15.3 Å². The van der Waals surface area contributed by atoms with Gasteiger partial charge in [0, 0.05) is 29.9 Å². The highest BCUT2D eigenvalue weighted by atomic mass is 32.2. The lowest BCUT2D eigenvalue weighted by atomic mass is 9.93. The van der Waals surface area contributed by atoms with Crippen LogP contribution in [0.15, 0.2) is 40.2 Å². The summed E-state index contributed by atoms with van der Waals surface area (Å²) in [5.41, 5.74) is 2.08. The van der Waals surface area contributed by atoms with Crippen LogP contribution in [0.3, 0.4) is 0 Å². The van der Waals surface area contributed by atoms with Gasteiger partial charge in [-0.1, -0.05) is 39.0 Å². The molecule has 0 saturated carbocycles. The molecule has 0 spiro atoms. The quantitative estimate of drug-likeness (QED) is 0.498. The molecule has 0 amide bonds. The van der Waals surface area contributed by atoms with E-state index in [1.54, 1.807) is 23.7 Å². The maximum atomic E-state index is 4.71. The largest absolute Gasteiger partial charge is 0.302 e. The Morgan fingerprint density at radius 3 is 2.59 bits per heavy atom. The first-order chi connectivity index (χ1) is 13.0. The second-order valence-corrected chi connectivity index (χ2v) is 9.44. The minimum Gasteiger partial charge on any atom is -0.302 e. The summed E-state index contributed by atoms with van der Waals surface area (Å²) in [7, 11) is 0. The van der Waals surface area contributed by atoms with Crippen molar-refractivity contribution in [3.05, 3.63) is 36.4 Å². The number of rotatable bonds is 5. The Bertz CT molecular complexity index is 1030. The molecule has 0 atom stereocenters. The third-order valence-electron chi connectivity index (χ3n) is 4.07. The van der Waals surface area contributed by atoms with Gasteiger partial charge in [-0.15, -0.1) is 15.3 Å². The second-order valence-electron chi connectivity index (χ2n) is 7.27. The first-order valence-corrected chi connectivity index (χ1v) is 10.5. The van der Waals surface area contributed by atoms with Crippen molar-refractivity contribution in [2.45, 2.75) is 55.6 Å². The summed E-state index contributed by atoms with van der Waals surface area (Å²) in [5, 5.41) is 14.3. The van der Waals surface area contributed by atoms with E-state index < -0.39 is 0 Å². The van der Waals surface area contributed by atoms with Gasteiger partial charge in [-0.2, -0.15) is 0 Å². The zero-order chi connectivity index (χ0) is 19.0. The van der Waals surface area contributed by atoms with Crippen LogP contribution in [0, 0.1) is 0 Å². The van der Waals surface area contributed by atoms with Gasteiger partial charge in [0.2, 0.25) is 4.96 Å². The summed E-state index contributed by atoms with van der Waals surface area (Å²) in [4.78, 5) is 9.70. The van der Waals surface area contributed by atoms with Crippen molar-refractivity contribution in [2.24, 2.45) is 0 Å². The Kier molecular flexibility index (Phi) is 4.73. The Morgan fingerprint density at radius 2 is 1.93 bits per heavy atom. The van der Waals surface area contributed by atoms with Crippen molar-refractivity contribution in [1.29, 1.82) is 0 Å². The molecule has 140 valence electrons. The lowest BCUT2D eigenvalue weighted by Gasteiger charge is -2.13. The summed E-state index contributed by atoms with van der Waals surface area (Å²) in [6.45, 7) is 9.47. The van der Waals surface area contributed by atoms with E-state index in [4.69, 9.17) is 4.98 Å². The Hall–Kier alpha value is -2.26. The van der Waals surface area contributed by atoms with E-state index in [1.165, 1.54) is 11.8 Å². The first-order valence-electron chi connectivity index (χ1n) is 8.84. The normalized spacial score (nSPS) is 12.1. The molecule has 4 heterocycles. The Labute approximate surface area is 165 Å². The highest BCUT2D eigenvalue weighted by Gasteiger charge is 2.21. The fraction of sp³-hybridized carbons (Fsp3) is 0.389. The van der Waals surface area contributed by atoms with Crippen LogP contribution in [0.5, 0.6) is 0 Å². The molecule has 0 aliphatic carbocycles. The van der Waals surface area contributed by atoms with Gasteiger partial charge in [0.25, 0.3) is 0 Å². The fourth-order valence-corrected chi connectivity index (χ4v) is 4.55.